The van der Waals surface area contributed by atoms with Crippen LogP contribution in [0.25, 0.3) is 0 Å². The van der Waals surface area contributed by atoms with E-state index in [4.69, 9.17) is 0 Å². The standard InChI is InChI=1S/C14H13NO2/c1-9-8-14(17)10(2)7-13(9)15-11-3-5-12(16)6-4-11/h3-8,17H,1-2H3. The summed E-state index contributed by atoms with van der Waals surface area (Å²) >= 11 is 0. The molecule has 17 heavy (non-hydrogen) atoms. The zero-order valence-electron chi connectivity index (χ0n) is 9.77. The molecule has 0 aliphatic heterocycles. The number of aryl methyl sites for hydroxylation is 2. The van der Waals surface area contributed by atoms with E-state index in [0.29, 0.717) is 0 Å². The third-order valence-electron chi connectivity index (χ3n) is 2.60. The van der Waals surface area contributed by atoms with E-state index < -0.39 is 0 Å². The Balaban J connectivity index is 2.40. The summed E-state index contributed by atoms with van der Waals surface area (Å²) in [5, 5.41) is 9.54. The minimum absolute atomic E-state index is 0.0254. The molecule has 1 aromatic rings. The minimum Gasteiger partial charge on any atom is -0.508 e. The van der Waals surface area contributed by atoms with E-state index in [1.807, 2.05) is 19.9 Å². The maximum atomic E-state index is 11.0. The molecule has 2 rings (SSSR count). The van der Waals surface area contributed by atoms with Gasteiger partial charge in [-0.25, -0.2) is 4.99 Å². The van der Waals surface area contributed by atoms with Crippen molar-refractivity contribution >= 4 is 17.2 Å². The Morgan fingerprint density at radius 2 is 1.65 bits per heavy atom. The van der Waals surface area contributed by atoms with Gasteiger partial charge in [-0.15, -0.1) is 0 Å². The van der Waals surface area contributed by atoms with Crippen LogP contribution in [0.1, 0.15) is 11.1 Å². The van der Waals surface area contributed by atoms with Crippen molar-refractivity contribution in [2.75, 3.05) is 0 Å². The first kappa shape index (κ1) is 11.3. The fourth-order valence-electron chi connectivity index (χ4n) is 1.57. The largest absolute Gasteiger partial charge is 0.508 e. The summed E-state index contributed by atoms with van der Waals surface area (Å²) in [6.45, 7) is 3.72. The molecule has 3 heteroatoms. The van der Waals surface area contributed by atoms with Crippen molar-refractivity contribution in [3.05, 3.63) is 47.6 Å². The van der Waals surface area contributed by atoms with Gasteiger partial charge in [0.05, 0.1) is 11.4 Å². The molecule has 1 aliphatic carbocycles. The summed E-state index contributed by atoms with van der Waals surface area (Å²) in [5.74, 6) is 0.249. The first-order valence-corrected chi connectivity index (χ1v) is 5.35. The zero-order valence-corrected chi connectivity index (χ0v) is 9.77. The molecule has 0 saturated carbocycles. The van der Waals surface area contributed by atoms with Crippen molar-refractivity contribution in [2.45, 2.75) is 13.8 Å². The molecule has 0 bridgehead atoms. The first-order chi connectivity index (χ1) is 8.06. The summed E-state index contributed by atoms with van der Waals surface area (Å²) in [6, 6.07) is 3.52. The van der Waals surface area contributed by atoms with Crippen LogP contribution in [0.4, 0.5) is 5.69 Å². The number of rotatable bonds is 1. The molecule has 0 radical (unpaired) electrons. The molecule has 0 aromatic heterocycles. The number of hydrogen-bond donors (Lipinski definition) is 1. The van der Waals surface area contributed by atoms with Gasteiger partial charge in [0, 0.05) is 0 Å². The van der Waals surface area contributed by atoms with E-state index in [2.05, 4.69) is 4.99 Å². The third-order valence-corrected chi connectivity index (χ3v) is 2.60. The number of benzene rings is 1. The quantitative estimate of drug-likeness (QED) is 0.750. The van der Waals surface area contributed by atoms with Crippen LogP contribution < -0.4 is 0 Å². The number of hydrogen-bond acceptors (Lipinski definition) is 3. The fourth-order valence-corrected chi connectivity index (χ4v) is 1.57. The molecule has 0 atom stereocenters. The van der Waals surface area contributed by atoms with Gasteiger partial charge < -0.3 is 5.11 Å². The van der Waals surface area contributed by atoms with Crippen LogP contribution in [-0.4, -0.2) is 16.6 Å². The van der Waals surface area contributed by atoms with E-state index in [1.165, 1.54) is 12.2 Å². The van der Waals surface area contributed by atoms with Gasteiger partial charge in [0.25, 0.3) is 0 Å². The lowest BCUT2D eigenvalue weighted by atomic mass is 10.1. The van der Waals surface area contributed by atoms with Crippen molar-refractivity contribution in [3.8, 4) is 5.75 Å². The zero-order chi connectivity index (χ0) is 12.4. The molecular formula is C14H13NO2. The highest BCUT2D eigenvalue weighted by molar-refractivity contribution is 6.17. The van der Waals surface area contributed by atoms with Gasteiger partial charge in [0.15, 0.2) is 5.78 Å². The van der Waals surface area contributed by atoms with Crippen LogP contribution in [0.2, 0.25) is 0 Å². The predicted octanol–water partition coefficient (Wildman–Crippen LogP) is 2.78. The maximum Gasteiger partial charge on any atom is 0.178 e. The summed E-state index contributed by atoms with van der Waals surface area (Å²) in [4.78, 5) is 15.4. The SMILES string of the molecule is Cc1cc(N=C2C=CC(=O)C=C2)c(C)cc1O. The van der Waals surface area contributed by atoms with Gasteiger partial charge >= 0.3 is 0 Å². The van der Waals surface area contributed by atoms with Gasteiger partial charge in [0.1, 0.15) is 5.75 Å². The topological polar surface area (TPSA) is 49.7 Å². The Bertz CT molecular complexity index is 548. The highest BCUT2D eigenvalue weighted by Gasteiger charge is 2.04. The maximum absolute atomic E-state index is 11.0. The normalized spacial score (nSPS) is 14.2. The monoisotopic (exact) mass is 227 g/mol. The number of carbonyl (C=O) groups excluding carboxylic acids is 1. The Labute approximate surface area is 99.8 Å². The molecule has 86 valence electrons. The lowest BCUT2D eigenvalue weighted by molar-refractivity contribution is -0.110. The third kappa shape index (κ3) is 2.50. The fraction of sp³-hybridized carbons (Fsp3) is 0.143. The van der Waals surface area contributed by atoms with Gasteiger partial charge in [-0.2, -0.15) is 0 Å². The molecule has 1 aromatic carbocycles. The number of allylic oxidation sites excluding steroid dienone is 4. The van der Waals surface area contributed by atoms with Crippen LogP contribution >= 0.6 is 0 Å². The Hall–Kier alpha value is -2.16. The van der Waals surface area contributed by atoms with Crippen molar-refractivity contribution < 1.29 is 9.90 Å². The molecule has 1 aliphatic rings. The van der Waals surface area contributed by atoms with Gasteiger partial charge in [-0.05, 0) is 61.4 Å². The Morgan fingerprint density at radius 3 is 2.29 bits per heavy atom. The van der Waals surface area contributed by atoms with Crippen LogP contribution in [-0.2, 0) is 4.79 Å². The number of aliphatic imine (C=N–C) groups is 1. The number of carbonyl (C=O) groups is 1. The molecule has 1 N–H and O–H groups in total. The van der Waals surface area contributed by atoms with Crippen molar-refractivity contribution in [3.63, 3.8) is 0 Å². The van der Waals surface area contributed by atoms with Crippen LogP contribution in [0, 0.1) is 13.8 Å². The second kappa shape index (κ2) is 4.37. The molecule has 0 heterocycles. The van der Waals surface area contributed by atoms with Gasteiger partial charge in [-0.1, -0.05) is 0 Å². The van der Waals surface area contributed by atoms with E-state index >= 15 is 0 Å². The van der Waals surface area contributed by atoms with E-state index in [0.717, 1.165) is 22.5 Å². The Morgan fingerprint density at radius 1 is 1.00 bits per heavy atom. The van der Waals surface area contributed by atoms with Crippen LogP contribution in [0.15, 0.2) is 41.4 Å². The van der Waals surface area contributed by atoms with Gasteiger partial charge in [0.2, 0.25) is 0 Å². The molecule has 0 amide bonds. The van der Waals surface area contributed by atoms with Crippen LogP contribution in [0.5, 0.6) is 5.75 Å². The lowest BCUT2D eigenvalue weighted by Gasteiger charge is -2.06. The predicted molar refractivity (Wildman–Crippen MR) is 68.0 cm³/mol. The summed E-state index contributed by atoms with van der Waals surface area (Å²) in [5.41, 5.74) is 3.23. The lowest BCUT2D eigenvalue weighted by Crippen LogP contribution is -1.98. The van der Waals surface area contributed by atoms with E-state index in [9.17, 15) is 9.90 Å². The Kier molecular flexibility index (Phi) is 2.91. The average Bonchev–Trinajstić information content (AvgIpc) is 2.29. The van der Waals surface area contributed by atoms with E-state index in [1.54, 1.807) is 18.2 Å². The van der Waals surface area contributed by atoms with E-state index in [-0.39, 0.29) is 11.5 Å². The summed E-state index contributed by atoms with van der Waals surface area (Å²) < 4.78 is 0. The summed E-state index contributed by atoms with van der Waals surface area (Å²) in [6.07, 6.45) is 6.34. The van der Waals surface area contributed by atoms with Crippen molar-refractivity contribution in [1.29, 1.82) is 0 Å². The number of aromatic hydroxyl groups is 1. The molecule has 0 unspecified atom stereocenters. The molecular weight excluding hydrogens is 214 g/mol. The number of phenolic OH excluding ortho intramolecular Hbond substituents is 1. The smallest absolute Gasteiger partial charge is 0.178 e. The molecule has 0 spiro atoms. The second-order valence-corrected chi connectivity index (χ2v) is 4.03. The second-order valence-electron chi connectivity index (χ2n) is 4.03. The number of nitrogens with zero attached hydrogens (tertiary/aromatic N) is 1. The van der Waals surface area contributed by atoms with Gasteiger partial charge in [-0.3, -0.25) is 4.79 Å². The minimum atomic E-state index is -0.0254. The number of ketones is 1. The molecule has 0 fully saturated rings. The van der Waals surface area contributed by atoms with Crippen molar-refractivity contribution in [2.24, 2.45) is 4.99 Å². The highest BCUT2D eigenvalue weighted by Crippen LogP contribution is 2.27. The van der Waals surface area contributed by atoms with Crippen LogP contribution in [0.3, 0.4) is 0 Å². The molecule has 3 nitrogen and oxygen atoms in total. The average molecular weight is 227 g/mol. The molecule has 0 saturated heterocycles. The first-order valence-electron chi connectivity index (χ1n) is 5.35. The van der Waals surface area contributed by atoms with Crippen molar-refractivity contribution in [1.82, 2.24) is 0 Å². The highest BCUT2D eigenvalue weighted by atomic mass is 16.3. The summed E-state index contributed by atoms with van der Waals surface area (Å²) in [7, 11) is 0. The number of phenols is 1.